The summed E-state index contributed by atoms with van der Waals surface area (Å²) in [5.41, 5.74) is 0.617. The highest BCUT2D eigenvalue weighted by atomic mass is 35.5. The van der Waals surface area contributed by atoms with E-state index in [0.717, 1.165) is 18.7 Å². The maximum Gasteiger partial charge on any atom is 0.490 e. The molecule has 0 aromatic heterocycles. The highest BCUT2D eigenvalue weighted by molar-refractivity contribution is 6.61. The van der Waals surface area contributed by atoms with E-state index in [1.165, 1.54) is 0 Å². The molecule has 8 heteroatoms. The van der Waals surface area contributed by atoms with Crippen LogP contribution in [0.25, 0.3) is 0 Å². The van der Waals surface area contributed by atoms with Crippen molar-refractivity contribution in [3.8, 4) is 0 Å². The molecular weight excluding hydrogens is 342 g/mol. The number of anilines is 1. The van der Waals surface area contributed by atoms with Crippen LogP contribution in [-0.2, 0) is 4.74 Å². The quantitative estimate of drug-likeness (QED) is 0.775. The number of likely N-dealkylation sites (tertiary alicyclic amines) is 1. The van der Waals surface area contributed by atoms with Crippen LogP contribution in [0.3, 0.4) is 0 Å². The highest BCUT2D eigenvalue weighted by Gasteiger charge is 2.45. The summed E-state index contributed by atoms with van der Waals surface area (Å²) in [6.45, 7) is 7.71. The van der Waals surface area contributed by atoms with Crippen LogP contribution in [0.15, 0.2) is 18.2 Å². The molecule has 0 aliphatic carbocycles. The van der Waals surface area contributed by atoms with E-state index in [2.05, 4.69) is 4.90 Å². The molecule has 3 rings (SSSR count). The smallest absolute Gasteiger partial charge is 0.444 e. The van der Waals surface area contributed by atoms with Gasteiger partial charge in [0.2, 0.25) is 0 Å². The Morgan fingerprint density at radius 2 is 2.04 bits per heavy atom. The Morgan fingerprint density at radius 3 is 2.68 bits per heavy atom. The predicted octanol–water partition coefficient (Wildman–Crippen LogP) is 1.47. The van der Waals surface area contributed by atoms with Gasteiger partial charge in [0.25, 0.3) is 0 Å². The number of carbonyl (C=O) groups is 1. The summed E-state index contributed by atoms with van der Waals surface area (Å²) in [6, 6.07) is 5.19. The number of ether oxygens (including phenoxy) is 1. The van der Waals surface area contributed by atoms with E-state index >= 15 is 0 Å². The molecule has 6 nitrogen and oxygen atoms in total. The van der Waals surface area contributed by atoms with Crippen molar-refractivity contribution in [3.05, 3.63) is 23.2 Å². The zero-order valence-electron chi connectivity index (χ0n) is 14.8. The molecule has 2 saturated heterocycles. The van der Waals surface area contributed by atoms with Crippen LogP contribution in [0.4, 0.5) is 10.5 Å². The summed E-state index contributed by atoms with van der Waals surface area (Å²) in [5.74, 6) is 0.354. The largest absolute Gasteiger partial charge is 0.490 e. The van der Waals surface area contributed by atoms with Crippen molar-refractivity contribution in [2.45, 2.75) is 38.8 Å². The van der Waals surface area contributed by atoms with Gasteiger partial charge < -0.3 is 24.6 Å². The Bertz CT molecular complexity index is 665. The standard InChI is InChI=1S/C17H24BClN2O4/c1-17(2,3)25-16(22)21-7-6-11-9-20(10-15(11)21)14-5-4-12(19)8-13(14)18(23)24/h4-5,8,11,15,23-24H,6-7,9-10H2,1-3H3/t11-,15+/m1/s1. The molecule has 2 atom stereocenters. The summed E-state index contributed by atoms with van der Waals surface area (Å²) in [5, 5.41) is 19.8. The Hall–Kier alpha value is -1.44. The zero-order valence-corrected chi connectivity index (χ0v) is 15.5. The van der Waals surface area contributed by atoms with Crippen LogP contribution in [0, 0.1) is 5.92 Å². The maximum atomic E-state index is 12.5. The number of fused-ring (bicyclic) bond motifs is 1. The van der Waals surface area contributed by atoms with Gasteiger partial charge in [0.05, 0.1) is 6.04 Å². The highest BCUT2D eigenvalue weighted by Crippen LogP contribution is 2.34. The van der Waals surface area contributed by atoms with Gasteiger partial charge in [-0.1, -0.05) is 11.6 Å². The Labute approximate surface area is 153 Å². The molecule has 2 aliphatic heterocycles. The van der Waals surface area contributed by atoms with Crippen molar-refractivity contribution in [1.29, 1.82) is 0 Å². The van der Waals surface area contributed by atoms with Crippen LogP contribution in [-0.4, -0.2) is 59.4 Å². The van der Waals surface area contributed by atoms with Crippen molar-refractivity contribution in [3.63, 3.8) is 0 Å². The summed E-state index contributed by atoms with van der Waals surface area (Å²) >= 11 is 5.98. The van der Waals surface area contributed by atoms with Gasteiger partial charge in [0.15, 0.2) is 0 Å². The van der Waals surface area contributed by atoms with Gasteiger partial charge in [-0.15, -0.1) is 0 Å². The number of carbonyl (C=O) groups excluding carboxylic acids is 1. The Morgan fingerprint density at radius 1 is 1.32 bits per heavy atom. The molecule has 0 radical (unpaired) electrons. The van der Waals surface area contributed by atoms with E-state index in [4.69, 9.17) is 16.3 Å². The van der Waals surface area contributed by atoms with Gasteiger partial charge >= 0.3 is 13.2 Å². The van der Waals surface area contributed by atoms with E-state index in [1.807, 2.05) is 20.8 Å². The van der Waals surface area contributed by atoms with E-state index in [0.29, 0.717) is 29.5 Å². The monoisotopic (exact) mass is 366 g/mol. The van der Waals surface area contributed by atoms with E-state index in [9.17, 15) is 14.8 Å². The molecule has 0 bridgehead atoms. The van der Waals surface area contributed by atoms with Crippen molar-refractivity contribution in [2.24, 2.45) is 5.92 Å². The van der Waals surface area contributed by atoms with Crippen molar-refractivity contribution < 1.29 is 19.6 Å². The summed E-state index contributed by atoms with van der Waals surface area (Å²) in [4.78, 5) is 16.4. The number of hydrogen-bond donors (Lipinski definition) is 2. The van der Waals surface area contributed by atoms with Crippen LogP contribution in [0.5, 0.6) is 0 Å². The third kappa shape index (κ3) is 3.88. The van der Waals surface area contributed by atoms with E-state index in [1.54, 1.807) is 23.1 Å². The lowest BCUT2D eigenvalue weighted by molar-refractivity contribution is 0.0229. The third-order valence-corrected chi connectivity index (χ3v) is 5.02. The molecule has 1 amide bonds. The fourth-order valence-electron chi connectivity index (χ4n) is 3.73. The molecular formula is C17H24BClN2O4. The topological polar surface area (TPSA) is 73.2 Å². The van der Waals surface area contributed by atoms with E-state index < -0.39 is 12.7 Å². The summed E-state index contributed by atoms with van der Waals surface area (Å²) in [7, 11) is -1.59. The Kier molecular flexibility index (Phi) is 4.92. The zero-order chi connectivity index (χ0) is 18.4. The third-order valence-electron chi connectivity index (χ3n) is 4.78. The number of benzene rings is 1. The number of amides is 1. The van der Waals surface area contributed by atoms with Gasteiger partial charge in [-0.3, -0.25) is 0 Å². The van der Waals surface area contributed by atoms with Crippen molar-refractivity contribution in [1.82, 2.24) is 4.90 Å². The maximum absolute atomic E-state index is 12.5. The SMILES string of the molecule is CC(C)(C)OC(=O)N1CC[C@@H]2CN(c3ccc(Cl)cc3B(O)O)C[C@@H]21. The normalized spacial score (nSPS) is 23.0. The van der Waals surface area contributed by atoms with Crippen molar-refractivity contribution >= 4 is 36.0 Å². The second-order valence-corrected chi connectivity index (χ2v) is 8.21. The first-order valence-corrected chi connectivity index (χ1v) is 8.93. The fraction of sp³-hybridized carbons (Fsp3) is 0.588. The van der Waals surface area contributed by atoms with Crippen LogP contribution >= 0.6 is 11.6 Å². The molecule has 25 heavy (non-hydrogen) atoms. The molecule has 2 heterocycles. The molecule has 2 fully saturated rings. The molecule has 1 aromatic carbocycles. The molecule has 0 unspecified atom stereocenters. The fourth-order valence-corrected chi connectivity index (χ4v) is 3.91. The Balaban J connectivity index is 1.77. The molecule has 0 saturated carbocycles. The lowest BCUT2D eigenvalue weighted by Gasteiger charge is -2.29. The van der Waals surface area contributed by atoms with Gasteiger partial charge in [-0.2, -0.15) is 0 Å². The first-order valence-electron chi connectivity index (χ1n) is 8.56. The summed E-state index contributed by atoms with van der Waals surface area (Å²) in [6.07, 6.45) is 0.644. The molecule has 0 spiro atoms. The average Bonchev–Trinajstić information content (AvgIpc) is 3.04. The molecule has 1 aromatic rings. The first kappa shape index (κ1) is 18.4. The summed E-state index contributed by atoms with van der Waals surface area (Å²) < 4.78 is 5.52. The first-order chi connectivity index (χ1) is 11.7. The number of nitrogens with zero attached hydrogens (tertiary/aromatic N) is 2. The number of halogens is 1. The van der Waals surface area contributed by atoms with Crippen molar-refractivity contribution in [2.75, 3.05) is 24.5 Å². The molecule has 136 valence electrons. The minimum atomic E-state index is -1.59. The average molecular weight is 367 g/mol. The minimum absolute atomic E-state index is 0.0780. The van der Waals surface area contributed by atoms with Gasteiger partial charge in [-0.25, -0.2) is 4.79 Å². The van der Waals surface area contributed by atoms with Crippen LogP contribution in [0.2, 0.25) is 5.02 Å². The van der Waals surface area contributed by atoms with Gasteiger partial charge in [0.1, 0.15) is 5.60 Å². The second kappa shape index (κ2) is 6.70. The van der Waals surface area contributed by atoms with E-state index in [-0.39, 0.29) is 12.1 Å². The van der Waals surface area contributed by atoms with Crippen LogP contribution in [0.1, 0.15) is 27.2 Å². The predicted molar refractivity (Wildman–Crippen MR) is 98.3 cm³/mol. The minimum Gasteiger partial charge on any atom is -0.444 e. The second-order valence-electron chi connectivity index (χ2n) is 7.77. The lowest BCUT2D eigenvalue weighted by atomic mass is 9.78. The van der Waals surface area contributed by atoms with Gasteiger partial charge in [0, 0.05) is 41.7 Å². The number of hydrogen-bond acceptors (Lipinski definition) is 5. The van der Waals surface area contributed by atoms with Gasteiger partial charge in [-0.05, 0) is 45.4 Å². The van der Waals surface area contributed by atoms with Crippen LogP contribution < -0.4 is 10.4 Å². The number of rotatable bonds is 2. The molecule has 2 N–H and O–H groups in total. The lowest BCUT2D eigenvalue weighted by Crippen LogP contribution is -2.43. The molecule has 2 aliphatic rings.